The maximum Gasteiger partial charge on any atom is 0.282 e. The molecule has 1 aromatic rings. The molecule has 126 valence electrons. The number of ether oxygens (including phenoxy) is 2. The van der Waals surface area contributed by atoms with Gasteiger partial charge in [0.1, 0.15) is 13.2 Å². The molecule has 0 radical (unpaired) electrons. The molecule has 0 bridgehead atoms. The van der Waals surface area contributed by atoms with Crippen LogP contribution in [-0.4, -0.2) is 49.8 Å². The molecule has 2 aliphatic rings. The van der Waals surface area contributed by atoms with Crippen molar-refractivity contribution in [2.45, 2.75) is 44.7 Å². The summed E-state index contributed by atoms with van der Waals surface area (Å²) in [6.45, 7) is 3.14. The molecular weight excluding hydrogens is 292 g/mol. The molecule has 1 fully saturated rings. The molecule has 1 saturated carbocycles. The Morgan fingerprint density at radius 2 is 1.83 bits per heavy atom. The fraction of sp³-hybridized carbons (Fsp3) is 0.611. The van der Waals surface area contributed by atoms with Gasteiger partial charge in [-0.05, 0) is 44.7 Å². The third-order valence-corrected chi connectivity index (χ3v) is 5.45. The third kappa shape index (κ3) is 3.29. The smallest absolute Gasteiger partial charge is 0.282 e. The lowest BCUT2D eigenvalue weighted by atomic mass is 10.1. The van der Waals surface area contributed by atoms with Crippen LogP contribution < -0.4 is 14.8 Å². The van der Waals surface area contributed by atoms with Crippen LogP contribution >= 0.6 is 0 Å². The summed E-state index contributed by atoms with van der Waals surface area (Å²) in [6, 6.07) is 6.05. The number of quaternary nitrogens is 1. The van der Waals surface area contributed by atoms with E-state index < -0.39 is 0 Å². The number of nitrogens with one attached hydrogen (secondary N) is 1. The highest BCUT2D eigenvalue weighted by molar-refractivity contribution is 5.94. The lowest BCUT2D eigenvalue weighted by Gasteiger charge is -2.40. The highest BCUT2D eigenvalue weighted by Gasteiger charge is 2.39. The van der Waals surface area contributed by atoms with Crippen LogP contribution in [0.5, 0.6) is 11.5 Å². The Balaban J connectivity index is 1.68. The SMILES string of the molecule is C[C@@H](C(=O)Nc1ccc2c(c1)OCCO2)[N+](C)(C)C1CCCC1. The van der Waals surface area contributed by atoms with Crippen molar-refractivity contribution in [2.75, 3.05) is 32.6 Å². The first-order valence-electron chi connectivity index (χ1n) is 8.52. The van der Waals surface area contributed by atoms with E-state index >= 15 is 0 Å². The highest BCUT2D eigenvalue weighted by Crippen LogP contribution is 2.33. The molecule has 0 saturated heterocycles. The second kappa shape index (κ2) is 6.40. The molecule has 23 heavy (non-hydrogen) atoms. The number of carbonyl (C=O) groups excluding carboxylic acids is 1. The van der Waals surface area contributed by atoms with Gasteiger partial charge in [0.15, 0.2) is 17.5 Å². The maximum atomic E-state index is 12.7. The van der Waals surface area contributed by atoms with Gasteiger partial charge in [-0.2, -0.15) is 0 Å². The van der Waals surface area contributed by atoms with Crippen LogP contribution in [-0.2, 0) is 4.79 Å². The Morgan fingerprint density at radius 3 is 2.52 bits per heavy atom. The number of fused-ring (bicyclic) bond motifs is 1. The number of carbonyl (C=O) groups is 1. The number of benzene rings is 1. The van der Waals surface area contributed by atoms with Crippen LogP contribution in [0.1, 0.15) is 32.6 Å². The van der Waals surface area contributed by atoms with Gasteiger partial charge in [-0.3, -0.25) is 4.79 Å². The normalized spacial score (nSPS) is 19.4. The number of anilines is 1. The summed E-state index contributed by atoms with van der Waals surface area (Å²) in [4.78, 5) is 12.7. The van der Waals surface area contributed by atoms with Crippen LogP contribution in [0.15, 0.2) is 18.2 Å². The maximum absolute atomic E-state index is 12.7. The lowest BCUT2D eigenvalue weighted by molar-refractivity contribution is -0.927. The van der Waals surface area contributed by atoms with Crippen molar-refractivity contribution < 1.29 is 18.8 Å². The quantitative estimate of drug-likeness (QED) is 0.868. The first-order chi connectivity index (χ1) is 11.0. The van der Waals surface area contributed by atoms with E-state index in [1.807, 2.05) is 25.1 Å². The summed E-state index contributed by atoms with van der Waals surface area (Å²) in [5, 5.41) is 3.03. The molecular formula is C18H27N2O3+. The number of nitrogens with zero attached hydrogens (tertiary/aromatic N) is 1. The molecule has 0 spiro atoms. The standard InChI is InChI=1S/C18H26N2O3/c1-13(20(2,3)15-6-4-5-7-15)18(21)19-14-8-9-16-17(12-14)23-11-10-22-16/h8-9,12-13,15H,4-7,10-11H2,1-3H3/p+1/t13-/m0/s1. The third-order valence-electron chi connectivity index (χ3n) is 5.45. The molecule has 1 heterocycles. The van der Waals surface area contributed by atoms with Crippen molar-refractivity contribution in [3.8, 4) is 11.5 Å². The van der Waals surface area contributed by atoms with E-state index in [1.54, 1.807) is 0 Å². The number of amides is 1. The first kappa shape index (κ1) is 16.1. The fourth-order valence-electron chi connectivity index (χ4n) is 3.56. The molecule has 1 amide bonds. The Kier molecular flexibility index (Phi) is 4.48. The van der Waals surface area contributed by atoms with Crippen molar-refractivity contribution >= 4 is 11.6 Å². The van der Waals surface area contributed by atoms with Gasteiger partial charge in [-0.1, -0.05) is 0 Å². The van der Waals surface area contributed by atoms with Crippen molar-refractivity contribution in [2.24, 2.45) is 0 Å². The predicted octanol–water partition coefficient (Wildman–Crippen LogP) is 2.80. The largest absolute Gasteiger partial charge is 0.486 e. The summed E-state index contributed by atoms with van der Waals surface area (Å²) in [6.07, 6.45) is 5.00. The van der Waals surface area contributed by atoms with Gasteiger partial charge in [0, 0.05) is 11.8 Å². The zero-order valence-electron chi connectivity index (χ0n) is 14.3. The van der Waals surface area contributed by atoms with E-state index in [9.17, 15) is 4.79 Å². The van der Waals surface area contributed by atoms with Gasteiger partial charge in [-0.25, -0.2) is 0 Å². The topological polar surface area (TPSA) is 47.6 Å². The molecule has 1 aliphatic heterocycles. The minimum Gasteiger partial charge on any atom is -0.486 e. The van der Waals surface area contributed by atoms with Gasteiger partial charge < -0.3 is 19.3 Å². The van der Waals surface area contributed by atoms with Crippen LogP contribution in [0.2, 0.25) is 0 Å². The van der Waals surface area contributed by atoms with E-state index in [2.05, 4.69) is 19.4 Å². The van der Waals surface area contributed by atoms with E-state index in [-0.39, 0.29) is 11.9 Å². The summed E-state index contributed by atoms with van der Waals surface area (Å²) < 4.78 is 11.8. The summed E-state index contributed by atoms with van der Waals surface area (Å²) in [7, 11) is 4.34. The molecule has 5 heteroatoms. The van der Waals surface area contributed by atoms with Crippen molar-refractivity contribution in [1.82, 2.24) is 0 Å². The monoisotopic (exact) mass is 319 g/mol. The molecule has 5 nitrogen and oxygen atoms in total. The molecule has 1 aromatic carbocycles. The van der Waals surface area contributed by atoms with Gasteiger partial charge in [0.25, 0.3) is 5.91 Å². The Bertz CT molecular complexity index is 580. The van der Waals surface area contributed by atoms with Crippen LogP contribution in [0, 0.1) is 0 Å². The van der Waals surface area contributed by atoms with E-state index in [0.29, 0.717) is 25.0 Å². The van der Waals surface area contributed by atoms with Crippen molar-refractivity contribution in [3.63, 3.8) is 0 Å². The summed E-state index contributed by atoms with van der Waals surface area (Å²) >= 11 is 0. The van der Waals surface area contributed by atoms with E-state index in [4.69, 9.17) is 9.47 Å². The summed E-state index contributed by atoms with van der Waals surface area (Å²) in [5.41, 5.74) is 0.762. The van der Waals surface area contributed by atoms with Crippen molar-refractivity contribution in [3.05, 3.63) is 18.2 Å². The average molecular weight is 319 g/mol. The summed E-state index contributed by atoms with van der Waals surface area (Å²) in [5.74, 6) is 1.49. The minimum absolute atomic E-state index is 0.0542. The lowest BCUT2D eigenvalue weighted by Crippen LogP contribution is -2.57. The van der Waals surface area contributed by atoms with Crippen LogP contribution in [0.3, 0.4) is 0 Å². The van der Waals surface area contributed by atoms with Gasteiger partial charge >= 0.3 is 0 Å². The minimum atomic E-state index is -0.0914. The Hall–Kier alpha value is -1.75. The molecule has 3 rings (SSSR count). The Morgan fingerprint density at radius 1 is 1.17 bits per heavy atom. The number of hydrogen-bond donors (Lipinski definition) is 1. The first-order valence-corrected chi connectivity index (χ1v) is 8.52. The number of hydrogen-bond acceptors (Lipinski definition) is 3. The molecule has 1 atom stereocenters. The predicted molar refractivity (Wildman–Crippen MR) is 89.9 cm³/mol. The van der Waals surface area contributed by atoms with Gasteiger partial charge in [-0.15, -0.1) is 0 Å². The van der Waals surface area contributed by atoms with Crippen LogP contribution in [0.4, 0.5) is 5.69 Å². The van der Waals surface area contributed by atoms with E-state index in [1.165, 1.54) is 25.7 Å². The average Bonchev–Trinajstić information content (AvgIpc) is 3.09. The van der Waals surface area contributed by atoms with E-state index in [0.717, 1.165) is 15.9 Å². The van der Waals surface area contributed by atoms with Crippen molar-refractivity contribution in [1.29, 1.82) is 0 Å². The number of rotatable bonds is 4. The second-order valence-corrected chi connectivity index (χ2v) is 7.09. The second-order valence-electron chi connectivity index (χ2n) is 7.09. The zero-order chi connectivity index (χ0) is 16.4. The highest BCUT2D eigenvalue weighted by atomic mass is 16.6. The molecule has 0 unspecified atom stereocenters. The number of likely N-dealkylation sites (N-methyl/N-ethyl adjacent to an activating group) is 1. The van der Waals surface area contributed by atoms with Crippen LogP contribution in [0.25, 0.3) is 0 Å². The Labute approximate surface area is 138 Å². The van der Waals surface area contributed by atoms with Gasteiger partial charge in [0.2, 0.25) is 0 Å². The molecule has 0 aromatic heterocycles. The molecule has 1 aliphatic carbocycles. The fourth-order valence-corrected chi connectivity index (χ4v) is 3.56. The zero-order valence-corrected chi connectivity index (χ0v) is 14.3. The molecule has 1 N–H and O–H groups in total. The van der Waals surface area contributed by atoms with Gasteiger partial charge in [0.05, 0.1) is 20.1 Å².